The monoisotopic (exact) mass is 509 g/mol. The van der Waals surface area contributed by atoms with Gasteiger partial charge in [-0.05, 0) is 61.0 Å². The van der Waals surface area contributed by atoms with Crippen molar-refractivity contribution in [3.63, 3.8) is 0 Å². The average molecular weight is 510 g/mol. The number of sulfonamides is 1. The van der Waals surface area contributed by atoms with Gasteiger partial charge >= 0.3 is 0 Å². The number of hydrogen-bond acceptors (Lipinski definition) is 7. The van der Waals surface area contributed by atoms with Gasteiger partial charge in [0.2, 0.25) is 10.0 Å². The zero-order chi connectivity index (χ0) is 25.2. The van der Waals surface area contributed by atoms with Gasteiger partial charge in [-0.3, -0.25) is 14.7 Å². The molecular weight excluding hydrogens is 478 g/mol. The highest BCUT2D eigenvalue weighted by Crippen LogP contribution is 2.16. The van der Waals surface area contributed by atoms with Gasteiger partial charge in [-0.2, -0.15) is 0 Å². The molecule has 1 amide bonds. The smallest absolute Gasteiger partial charge is 0.255 e. The Balaban J connectivity index is 1.26. The van der Waals surface area contributed by atoms with E-state index < -0.39 is 10.0 Å². The van der Waals surface area contributed by atoms with Crippen molar-refractivity contribution in [3.05, 3.63) is 84.2 Å². The van der Waals surface area contributed by atoms with Crippen molar-refractivity contribution < 1.29 is 17.9 Å². The summed E-state index contributed by atoms with van der Waals surface area (Å²) in [6, 6.07) is 17.1. The summed E-state index contributed by atoms with van der Waals surface area (Å²) in [4.78, 5) is 18.9. The molecule has 0 radical (unpaired) electrons. The van der Waals surface area contributed by atoms with Crippen molar-refractivity contribution in [2.75, 3.05) is 50.0 Å². The Kier molecular flexibility index (Phi) is 9.01. The van der Waals surface area contributed by atoms with Crippen molar-refractivity contribution in [3.8, 4) is 0 Å². The van der Waals surface area contributed by atoms with Crippen LogP contribution in [0.2, 0.25) is 0 Å². The second-order valence-electron chi connectivity index (χ2n) is 8.48. The van der Waals surface area contributed by atoms with Crippen molar-refractivity contribution in [1.29, 1.82) is 0 Å². The Morgan fingerprint density at radius 2 is 1.78 bits per heavy atom. The van der Waals surface area contributed by atoms with Crippen LogP contribution in [0.15, 0.2) is 78.0 Å². The van der Waals surface area contributed by atoms with Crippen molar-refractivity contribution in [2.45, 2.75) is 17.9 Å². The summed E-state index contributed by atoms with van der Waals surface area (Å²) in [6.07, 6.45) is 4.16. The van der Waals surface area contributed by atoms with Crippen LogP contribution in [0.3, 0.4) is 0 Å². The molecule has 1 aliphatic heterocycles. The largest absolute Gasteiger partial charge is 0.385 e. The summed E-state index contributed by atoms with van der Waals surface area (Å²) in [5.41, 5.74) is 2.59. The summed E-state index contributed by atoms with van der Waals surface area (Å²) in [6.45, 7) is 5.35. The second kappa shape index (κ2) is 12.6. The fourth-order valence-corrected chi connectivity index (χ4v) is 4.87. The quantitative estimate of drug-likeness (QED) is 0.341. The lowest BCUT2D eigenvalue weighted by molar-refractivity contribution is 0.0378. The van der Waals surface area contributed by atoms with Crippen molar-refractivity contribution >= 4 is 27.3 Å². The Labute approximate surface area is 211 Å². The van der Waals surface area contributed by atoms with Crippen molar-refractivity contribution in [1.82, 2.24) is 14.6 Å². The predicted molar refractivity (Wildman–Crippen MR) is 139 cm³/mol. The zero-order valence-electron chi connectivity index (χ0n) is 20.0. The van der Waals surface area contributed by atoms with E-state index in [1.54, 1.807) is 67.0 Å². The fourth-order valence-electron chi connectivity index (χ4n) is 3.81. The highest BCUT2D eigenvalue weighted by Gasteiger charge is 2.15. The third-order valence-electron chi connectivity index (χ3n) is 5.83. The zero-order valence-corrected chi connectivity index (χ0v) is 20.8. The standard InChI is InChI=1S/C26H31N5O4S/c32-26(30-24-5-2-11-27-20-24)22-9-7-21(8-10-22)19-29-36(33,34)25-6-1-4-23(18-25)28-12-3-13-31-14-16-35-17-15-31/h1-2,4-11,18,20,28-29H,3,12-17,19H2,(H,30,32). The van der Waals surface area contributed by atoms with Gasteiger partial charge in [0.15, 0.2) is 0 Å². The molecule has 0 spiro atoms. The summed E-state index contributed by atoms with van der Waals surface area (Å²) in [7, 11) is -3.69. The maximum Gasteiger partial charge on any atom is 0.255 e. The first-order valence-electron chi connectivity index (χ1n) is 11.9. The second-order valence-corrected chi connectivity index (χ2v) is 10.2. The molecule has 2 aromatic carbocycles. The van der Waals surface area contributed by atoms with E-state index in [-0.39, 0.29) is 17.3 Å². The molecule has 1 saturated heterocycles. The topological polar surface area (TPSA) is 113 Å². The fraction of sp³-hybridized carbons (Fsp3) is 0.308. The SMILES string of the molecule is O=C(Nc1cccnc1)c1ccc(CNS(=O)(=O)c2cccc(NCCCN3CCOCC3)c2)cc1. The van der Waals surface area contributed by atoms with E-state index in [1.807, 2.05) is 6.07 Å². The number of nitrogens with zero attached hydrogens (tertiary/aromatic N) is 2. The minimum atomic E-state index is -3.69. The number of carbonyl (C=O) groups is 1. The molecule has 36 heavy (non-hydrogen) atoms. The van der Waals surface area contributed by atoms with E-state index in [9.17, 15) is 13.2 Å². The van der Waals surface area contributed by atoms with E-state index in [0.717, 1.165) is 57.1 Å². The first-order valence-corrected chi connectivity index (χ1v) is 13.4. The number of morpholine rings is 1. The molecule has 1 aromatic heterocycles. The van der Waals surface area contributed by atoms with Crippen LogP contribution in [0.5, 0.6) is 0 Å². The number of carbonyl (C=O) groups excluding carboxylic acids is 1. The van der Waals surface area contributed by atoms with Gasteiger partial charge in [-0.1, -0.05) is 18.2 Å². The number of rotatable bonds is 11. The van der Waals surface area contributed by atoms with Crippen LogP contribution in [-0.4, -0.2) is 63.6 Å². The number of ether oxygens (including phenoxy) is 1. The first-order chi connectivity index (χ1) is 17.5. The molecule has 0 bridgehead atoms. The van der Waals surface area contributed by atoms with Crippen molar-refractivity contribution in [2.24, 2.45) is 0 Å². The molecule has 10 heteroatoms. The molecule has 9 nitrogen and oxygen atoms in total. The summed E-state index contributed by atoms with van der Waals surface area (Å²) < 4.78 is 33.7. The number of aromatic nitrogens is 1. The average Bonchev–Trinajstić information content (AvgIpc) is 2.92. The van der Waals surface area contributed by atoms with Crippen LogP contribution in [0, 0.1) is 0 Å². The molecule has 3 aromatic rings. The van der Waals surface area contributed by atoms with Crippen LogP contribution in [0.1, 0.15) is 22.3 Å². The number of pyridine rings is 1. The molecule has 3 N–H and O–H groups in total. The van der Waals surface area contributed by atoms with Gasteiger partial charge in [-0.15, -0.1) is 0 Å². The minimum Gasteiger partial charge on any atom is -0.385 e. The van der Waals surface area contributed by atoms with E-state index in [0.29, 0.717) is 11.3 Å². The molecule has 2 heterocycles. The van der Waals surface area contributed by atoms with Crippen LogP contribution in [0.25, 0.3) is 0 Å². The minimum absolute atomic E-state index is 0.115. The van der Waals surface area contributed by atoms with Gasteiger partial charge in [-0.25, -0.2) is 13.1 Å². The van der Waals surface area contributed by atoms with Crippen LogP contribution in [0.4, 0.5) is 11.4 Å². The third kappa shape index (κ3) is 7.59. The number of hydrogen-bond donors (Lipinski definition) is 3. The Hall–Kier alpha value is -3.31. The lowest BCUT2D eigenvalue weighted by Gasteiger charge is -2.26. The van der Waals surface area contributed by atoms with Gasteiger partial charge < -0.3 is 15.4 Å². The van der Waals surface area contributed by atoms with E-state index >= 15 is 0 Å². The summed E-state index contributed by atoms with van der Waals surface area (Å²) >= 11 is 0. The molecule has 0 atom stereocenters. The van der Waals surface area contributed by atoms with E-state index in [1.165, 1.54) is 0 Å². The van der Waals surface area contributed by atoms with Gasteiger partial charge in [0.05, 0.1) is 30.0 Å². The number of benzene rings is 2. The summed E-state index contributed by atoms with van der Waals surface area (Å²) in [5.74, 6) is -0.260. The molecule has 1 aliphatic rings. The van der Waals surface area contributed by atoms with Crippen LogP contribution in [-0.2, 0) is 21.3 Å². The maximum atomic E-state index is 12.8. The van der Waals surface area contributed by atoms with Gasteiger partial charge in [0.25, 0.3) is 5.91 Å². The lowest BCUT2D eigenvalue weighted by Crippen LogP contribution is -2.37. The highest BCUT2D eigenvalue weighted by atomic mass is 32.2. The Morgan fingerprint density at radius 1 is 1.00 bits per heavy atom. The Morgan fingerprint density at radius 3 is 2.53 bits per heavy atom. The highest BCUT2D eigenvalue weighted by molar-refractivity contribution is 7.89. The molecular formula is C26H31N5O4S. The molecule has 0 unspecified atom stereocenters. The third-order valence-corrected chi connectivity index (χ3v) is 7.23. The van der Waals surface area contributed by atoms with Crippen LogP contribution < -0.4 is 15.4 Å². The Bertz CT molecular complexity index is 1230. The van der Waals surface area contributed by atoms with Gasteiger partial charge in [0, 0.05) is 43.6 Å². The number of nitrogens with one attached hydrogen (secondary N) is 3. The first kappa shape index (κ1) is 25.8. The normalized spacial score (nSPS) is 14.3. The van der Waals surface area contributed by atoms with E-state index in [4.69, 9.17) is 4.74 Å². The number of amides is 1. The van der Waals surface area contributed by atoms with Crippen LogP contribution >= 0.6 is 0 Å². The molecule has 190 valence electrons. The lowest BCUT2D eigenvalue weighted by atomic mass is 10.1. The molecule has 0 saturated carbocycles. The predicted octanol–water partition coefficient (Wildman–Crippen LogP) is 2.95. The molecule has 1 fully saturated rings. The maximum absolute atomic E-state index is 12.8. The van der Waals surface area contributed by atoms with Gasteiger partial charge in [0.1, 0.15) is 0 Å². The molecule has 0 aliphatic carbocycles. The van der Waals surface area contributed by atoms with E-state index in [2.05, 4.69) is 25.2 Å². The summed E-state index contributed by atoms with van der Waals surface area (Å²) in [5, 5.41) is 6.08. The number of anilines is 2. The molecule has 4 rings (SSSR count).